The van der Waals surface area contributed by atoms with Gasteiger partial charge in [0.05, 0.1) is 12.0 Å². The normalized spacial score (nSPS) is 15.8. The van der Waals surface area contributed by atoms with Crippen molar-refractivity contribution in [1.82, 2.24) is 9.55 Å². The maximum absolute atomic E-state index is 13.6. The largest absolute Gasteiger partial charge is 0.315 e. The van der Waals surface area contributed by atoms with E-state index in [1.165, 1.54) is 23.3 Å². The van der Waals surface area contributed by atoms with E-state index in [1.807, 2.05) is 48.9 Å². The molecule has 1 aliphatic rings. The van der Waals surface area contributed by atoms with E-state index in [1.54, 1.807) is 6.20 Å². The van der Waals surface area contributed by atoms with Gasteiger partial charge in [0.1, 0.15) is 12.0 Å². The van der Waals surface area contributed by atoms with Crippen LogP contribution in [0.4, 0.5) is 10.1 Å². The van der Waals surface area contributed by atoms with E-state index in [2.05, 4.69) is 50.9 Å². The highest BCUT2D eigenvalue weighted by Gasteiger charge is 2.31. The van der Waals surface area contributed by atoms with Gasteiger partial charge in [0.15, 0.2) is 0 Å². The van der Waals surface area contributed by atoms with Crippen molar-refractivity contribution in [2.75, 3.05) is 4.90 Å². The van der Waals surface area contributed by atoms with Crippen molar-refractivity contribution in [2.45, 2.75) is 6.17 Å². The Morgan fingerprint density at radius 2 is 1.57 bits per heavy atom. The lowest BCUT2D eigenvalue weighted by Gasteiger charge is -2.40. The van der Waals surface area contributed by atoms with Crippen LogP contribution in [-0.4, -0.2) is 9.55 Å². The zero-order valence-corrected chi connectivity index (χ0v) is 15.1. The summed E-state index contributed by atoms with van der Waals surface area (Å²) in [5.74, 6) is -0.245. The fourth-order valence-corrected chi connectivity index (χ4v) is 3.79. The molecule has 0 aliphatic carbocycles. The molecule has 1 atom stereocenters. The summed E-state index contributed by atoms with van der Waals surface area (Å²) >= 11 is 0. The van der Waals surface area contributed by atoms with Gasteiger partial charge in [0.2, 0.25) is 0 Å². The first-order valence-electron chi connectivity index (χ1n) is 9.19. The number of fused-ring (bicyclic) bond motifs is 1. The molecule has 0 radical (unpaired) electrons. The molecule has 1 aliphatic heterocycles. The summed E-state index contributed by atoms with van der Waals surface area (Å²) in [7, 11) is 0. The highest BCUT2D eigenvalue weighted by molar-refractivity contribution is 5.93. The molecule has 4 aromatic rings. The van der Waals surface area contributed by atoms with E-state index in [9.17, 15) is 4.39 Å². The second-order valence-corrected chi connectivity index (χ2v) is 6.75. The van der Waals surface area contributed by atoms with Gasteiger partial charge in [-0.15, -0.1) is 0 Å². The number of benzene rings is 3. The maximum Gasteiger partial charge on any atom is 0.138 e. The van der Waals surface area contributed by atoms with Gasteiger partial charge >= 0.3 is 0 Å². The second kappa shape index (κ2) is 6.82. The molecule has 1 aromatic heterocycles. The molecule has 3 aromatic carbocycles. The van der Waals surface area contributed by atoms with Crippen LogP contribution in [0.1, 0.15) is 22.9 Å². The van der Waals surface area contributed by atoms with E-state index in [0.29, 0.717) is 0 Å². The zero-order valence-electron chi connectivity index (χ0n) is 15.1. The van der Waals surface area contributed by atoms with Crippen LogP contribution in [0.3, 0.4) is 0 Å². The zero-order chi connectivity index (χ0) is 18.9. The Labute approximate surface area is 163 Å². The van der Waals surface area contributed by atoms with Gasteiger partial charge in [-0.05, 0) is 41.5 Å². The molecule has 0 bridgehead atoms. The fourth-order valence-electron chi connectivity index (χ4n) is 3.79. The summed E-state index contributed by atoms with van der Waals surface area (Å²) in [5, 5.41) is 0. The van der Waals surface area contributed by atoms with E-state index < -0.39 is 0 Å². The highest BCUT2D eigenvalue weighted by Crippen LogP contribution is 2.42. The Balaban J connectivity index is 1.78. The van der Waals surface area contributed by atoms with Crippen LogP contribution in [0.2, 0.25) is 0 Å². The molecular weight excluding hydrogens is 349 g/mol. The molecule has 136 valence electrons. The topological polar surface area (TPSA) is 21.1 Å². The van der Waals surface area contributed by atoms with Gasteiger partial charge in [-0.2, -0.15) is 0 Å². The first-order chi connectivity index (χ1) is 13.8. The lowest BCUT2D eigenvalue weighted by atomic mass is 9.94. The van der Waals surface area contributed by atoms with Crippen molar-refractivity contribution in [3.05, 3.63) is 120 Å². The molecule has 28 heavy (non-hydrogen) atoms. The molecule has 5 rings (SSSR count). The van der Waals surface area contributed by atoms with Crippen LogP contribution >= 0.6 is 0 Å². The molecule has 0 N–H and O–H groups in total. The van der Waals surface area contributed by atoms with Crippen LogP contribution in [0.5, 0.6) is 0 Å². The number of nitrogens with zero attached hydrogens (tertiary/aromatic N) is 3. The third-order valence-electron chi connectivity index (χ3n) is 5.05. The summed E-state index contributed by atoms with van der Waals surface area (Å²) in [6.45, 7) is 0. The quantitative estimate of drug-likeness (QED) is 0.471. The number of aromatic nitrogens is 2. The lowest BCUT2D eigenvalue weighted by Crippen LogP contribution is -2.34. The molecular formula is C24H18FN3. The smallest absolute Gasteiger partial charge is 0.138 e. The molecule has 3 nitrogen and oxygen atoms in total. The number of imidazole rings is 1. The molecule has 2 heterocycles. The summed E-state index contributed by atoms with van der Waals surface area (Å²) < 4.78 is 15.7. The standard InChI is InChI=1S/C24H18FN3/c25-20-10-12-21(13-11-20)28-23(18-6-2-1-3-7-18)16-19-8-4-5-9-22(19)24(28)27-15-14-26-17-27/h1-17,24H. The predicted octanol–water partition coefficient (Wildman–Crippen LogP) is 5.59. The van der Waals surface area contributed by atoms with Gasteiger partial charge in [0, 0.05) is 23.6 Å². The van der Waals surface area contributed by atoms with Crippen molar-refractivity contribution in [3.63, 3.8) is 0 Å². The van der Waals surface area contributed by atoms with Gasteiger partial charge in [-0.3, -0.25) is 0 Å². The Hall–Kier alpha value is -3.66. The van der Waals surface area contributed by atoms with Crippen LogP contribution in [0.25, 0.3) is 11.8 Å². The van der Waals surface area contributed by atoms with E-state index in [4.69, 9.17) is 0 Å². The molecule has 0 spiro atoms. The Kier molecular flexibility index (Phi) is 4.02. The Morgan fingerprint density at radius 3 is 2.32 bits per heavy atom. The average molecular weight is 367 g/mol. The number of hydrogen-bond donors (Lipinski definition) is 0. The van der Waals surface area contributed by atoms with Gasteiger partial charge in [0.25, 0.3) is 0 Å². The van der Waals surface area contributed by atoms with Crippen molar-refractivity contribution >= 4 is 17.5 Å². The third-order valence-corrected chi connectivity index (χ3v) is 5.05. The molecule has 0 fully saturated rings. The summed E-state index contributed by atoms with van der Waals surface area (Å²) in [5.41, 5.74) is 5.42. The minimum absolute atomic E-state index is 0.121. The number of rotatable bonds is 3. The first-order valence-corrected chi connectivity index (χ1v) is 9.19. The van der Waals surface area contributed by atoms with E-state index in [0.717, 1.165) is 16.9 Å². The predicted molar refractivity (Wildman–Crippen MR) is 110 cm³/mol. The van der Waals surface area contributed by atoms with Crippen LogP contribution in [-0.2, 0) is 0 Å². The molecule has 4 heteroatoms. The second-order valence-electron chi connectivity index (χ2n) is 6.75. The van der Waals surface area contributed by atoms with Crippen LogP contribution < -0.4 is 4.90 Å². The minimum Gasteiger partial charge on any atom is -0.315 e. The number of hydrogen-bond acceptors (Lipinski definition) is 2. The van der Waals surface area contributed by atoms with Crippen LogP contribution in [0, 0.1) is 5.82 Å². The van der Waals surface area contributed by atoms with Crippen molar-refractivity contribution in [3.8, 4) is 0 Å². The van der Waals surface area contributed by atoms with Gasteiger partial charge in [-0.25, -0.2) is 9.37 Å². The van der Waals surface area contributed by atoms with Gasteiger partial charge in [-0.1, -0.05) is 54.6 Å². The summed E-state index contributed by atoms with van der Waals surface area (Å²) in [4.78, 5) is 6.50. The molecule has 0 amide bonds. The van der Waals surface area contributed by atoms with Crippen LogP contribution in [0.15, 0.2) is 97.6 Å². The average Bonchev–Trinajstić information content (AvgIpc) is 3.28. The van der Waals surface area contributed by atoms with E-state index in [-0.39, 0.29) is 12.0 Å². The van der Waals surface area contributed by atoms with Crippen molar-refractivity contribution in [1.29, 1.82) is 0 Å². The van der Waals surface area contributed by atoms with E-state index >= 15 is 0 Å². The SMILES string of the molecule is Fc1ccc(N2C(c3ccccc3)=Cc3ccccc3C2n2ccnc2)cc1. The third kappa shape index (κ3) is 2.79. The number of anilines is 1. The summed E-state index contributed by atoms with van der Waals surface area (Å²) in [6, 6.07) is 25.3. The minimum atomic E-state index is -0.245. The molecule has 1 unspecified atom stereocenters. The lowest BCUT2D eigenvalue weighted by molar-refractivity contribution is 0.588. The molecule has 0 saturated carbocycles. The Morgan fingerprint density at radius 1 is 0.821 bits per heavy atom. The first kappa shape index (κ1) is 16.5. The summed E-state index contributed by atoms with van der Waals surface area (Å²) in [6.07, 6.45) is 7.65. The van der Waals surface area contributed by atoms with Gasteiger partial charge < -0.3 is 9.47 Å². The number of halogens is 1. The van der Waals surface area contributed by atoms with Crippen molar-refractivity contribution < 1.29 is 4.39 Å². The highest BCUT2D eigenvalue weighted by atomic mass is 19.1. The monoisotopic (exact) mass is 367 g/mol. The van der Waals surface area contributed by atoms with Crippen molar-refractivity contribution in [2.24, 2.45) is 0 Å². The fraction of sp³-hybridized carbons (Fsp3) is 0.0417. The maximum atomic E-state index is 13.6. The Bertz CT molecular complexity index is 1120. The molecule has 0 saturated heterocycles.